The highest BCUT2D eigenvalue weighted by atomic mass is 19.1. The van der Waals surface area contributed by atoms with Crippen LogP contribution in [0.4, 0.5) is 14.6 Å². The number of hydrogen-bond donors (Lipinski definition) is 2. The van der Waals surface area contributed by atoms with Gasteiger partial charge in [-0.1, -0.05) is 12.1 Å². The van der Waals surface area contributed by atoms with E-state index >= 15 is 0 Å². The van der Waals surface area contributed by atoms with E-state index in [0.29, 0.717) is 28.2 Å². The van der Waals surface area contributed by atoms with Crippen LogP contribution in [0.5, 0.6) is 0 Å². The molecule has 2 N–H and O–H groups in total. The van der Waals surface area contributed by atoms with E-state index in [1.807, 2.05) is 20.8 Å². The number of anilines is 1. The average molecular weight is 379 g/mol. The summed E-state index contributed by atoms with van der Waals surface area (Å²) in [6.07, 6.45) is 3.25. The fourth-order valence-corrected chi connectivity index (χ4v) is 3.06. The minimum atomic E-state index is -0.611. The van der Waals surface area contributed by atoms with Crippen LogP contribution in [0, 0.1) is 11.6 Å². The summed E-state index contributed by atoms with van der Waals surface area (Å²) < 4.78 is 28.4. The molecular formula is C21H19F2N5. The molecule has 0 atom stereocenters. The van der Waals surface area contributed by atoms with Crippen molar-refractivity contribution < 1.29 is 8.78 Å². The molecule has 2 aromatic heterocycles. The third-order valence-electron chi connectivity index (χ3n) is 4.19. The standard InChI is InChI=1S/C21H19F2N5/c1-21(2,3)26-18-11-24-10-17(25-18)20-13-9-12(7-8-16(13)27-28-20)19-14(22)5-4-6-15(19)23/h4-11H,1-3H3,(H,25,26)(H,27,28). The smallest absolute Gasteiger partial charge is 0.145 e. The maximum Gasteiger partial charge on any atom is 0.145 e. The summed E-state index contributed by atoms with van der Waals surface area (Å²) in [5.41, 5.74) is 2.07. The quantitative estimate of drug-likeness (QED) is 0.515. The SMILES string of the molecule is CC(C)(C)Nc1cncc(-c2n[nH]c3ccc(-c4c(F)cccc4F)cc23)n1. The molecule has 0 aliphatic rings. The lowest BCUT2D eigenvalue weighted by Crippen LogP contribution is -2.26. The molecule has 0 amide bonds. The number of aromatic amines is 1. The molecule has 0 aliphatic heterocycles. The Kier molecular flexibility index (Phi) is 4.30. The van der Waals surface area contributed by atoms with Gasteiger partial charge in [0.15, 0.2) is 0 Å². The predicted octanol–water partition coefficient (Wildman–Crippen LogP) is 5.18. The molecule has 2 heterocycles. The summed E-state index contributed by atoms with van der Waals surface area (Å²) in [5.74, 6) is -0.599. The number of halogens is 2. The van der Waals surface area contributed by atoms with Crippen molar-refractivity contribution >= 4 is 16.7 Å². The van der Waals surface area contributed by atoms with Crippen LogP contribution in [0.1, 0.15) is 20.8 Å². The first-order valence-electron chi connectivity index (χ1n) is 8.85. The molecule has 0 fully saturated rings. The lowest BCUT2D eigenvalue weighted by molar-refractivity contribution is 0.589. The van der Waals surface area contributed by atoms with Gasteiger partial charge in [0.05, 0.1) is 23.5 Å². The Hall–Kier alpha value is -3.35. The van der Waals surface area contributed by atoms with E-state index in [1.54, 1.807) is 30.6 Å². The molecule has 2 aromatic carbocycles. The summed E-state index contributed by atoms with van der Waals surface area (Å²) in [5, 5.41) is 11.3. The number of aromatic nitrogens is 4. The van der Waals surface area contributed by atoms with Crippen molar-refractivity contribution in [3.63, 3.8) is 0 Å². The zero-order valence-corrected chi connectivity index (χ0v) is 15.7. The molecule has 0 radical (unpaired) electrons. The molecule has 7 heteroatoms. The number of hydrogen-bond acceptors (Lipinski definition) is 4. The van der Waals surface area contributed by atoms with Gasteiger partial charge in [-0.05, 0) is 50.6 Å². The van der Waals surface area contributed by atoms with Gasteiger partial charge in [-0.15, -0.1) is 0 Å². The van der Waals surface area contributed by atoms with Gasteiger partial charge < -0.3 is 5.32 Å². The second-order valence-electron chi connectivity index (χ2n) is 7.59. The number of H-pyrrole nitrogens is 1. The zero-order valence-electron chi connectivity index (χ0n) is 15.7. The highest BCUT2D eigenvalue weighted by Gasteiger charge is 2.16. The molecular weight excluding hydrogens is 360 g/mol. The molecule has 28 heavy (non-hydrogen) atoms. The number of nitrogens with one attached hydrogen (secondary N) is 2. The average Bonchev–Trinajstić information content (AvgIpc) is 3.04. The Labute approximate surface area is 160 Å². The van der Waals surface area contributed by atoms with Crippen LogP contribution in [0.3, 0.4) is 0 Å². The van der Waals surface area contributed by atoms with E-state index in [2.05, 4.69) is 25.5 Å². The number of nitrogens with zero attached hydrogens (tertiary/aromatic N) is 3. The topological polar surface area (TPSA) is 66.5 Å². The molecule has 0 aliphatic carbocycles. The molecule has 4 rings (SSSR count). The van der Waals surface area contributed by atoms with Crippen molar-refractivity contribution in [2.75, 3.05) is 5.32 Å². The van der Waals surface area contributed by atoms with Gasteiger partial charge in [-0.2, -0.15) is 5.10 Å². The summed E-state index contributed by atoms with van der Waals surface area (Å²) in [6.45, 7) is 6.08. The zero-order chi connectivity index (χ0) is 19.9. The van der Waals surface area contributed by atoms with E-state index in [4.69, 9.17) is 0 Å². The molecule has 5 nitrogen and oxygen atoms in total. The summed E-state index contributed by atoms with van der Waals surface area (Å²) in [4.78, 5) is 8.83. The number of benzene rings is 2. The van der Waals surface area contributed by atoms with Crippen LogP contribution >= 0.6 is 0 Å². The highest BCUT2D eigenvalue weighted by molar-refractivity contribution is 5.95. The second kappa shape index (κ2) is 6.67. The van der Waals surface area contributed by atoms with Gasteiger partial charge in [-0.25, -0.2) is 13.8 Å². The van der Waals surface area contributed by atoms with Crippen molar-refractivity contribution in [3.8, 4) is 22.5 Å². The van der Waals surface area contributed by atoms with Crippen LogP contribution in [0.2, 0.25) is 0 Å². The predicted molar refractivity (Wildman–Crippen MR) is 106 cm³/mol. The van der Waals surface area contributed by atoms with E-state index in [-0.39, 0.29) is 11.1 Å². The summed E-state index contributed by atoms with van der Waals surface area (Å²) >= 11 is 0. The Balaban J connectivity index is 1.83. The number of rotatable bonds is 3. The van der Waals surface area contributed by atoms with Gasteiger partial charge in [0.25, 0.3) is 0 Å². The molecule has 142 valence electrons. The Morgan fingerprint density at radius 3 is 2.46 bits per heavy atom. The summed E-state index contributed by atoms with van der Waals surface area (Å²) in [6, 6.07) is 8.95. The van der Waals surface area contributed by atoms with Crippen molar-refractivity contribution in [2.45, 2.75) is 26.3 Å². The minimum absolute atomic E-state index is 0.0641. The fourth-order valence-electron chi connectivity index (χ4n) is 3.06. The van der Waals surface area contributed by atoms with E-state index in [9.17, 15) is 8.78 Å². The molecule has 0 bridgehead atoms. The van der Waals surface area contributed by atoms with Gasteiger partial charge >= 0.3 is 0 Å². The minimum Gasteiger partial charge on any atom is -0.364 e. The first-order chi connectivity index (χ1) is 13.3. The van der Waals surface area contributed by atoms with Crippen LogP contribution in [0.25, 0.3) is 33.4 Å². The first kappa shape index (κ1) is 18.0. The second-order valence-corrected chi connectivity index (χ2v) is 7.59. The molecule has 0 unspecified atom stereocenters. The van der Waals surface area contributed by atoms with E-state index < -0.39 is 11.6 Å². The third-order valence-corrected chi connectivity index (χ3v) is 4.19. The van der Waals surface area contributed by atoms with Crippen molar-refractivity contribution in [1.82, 2.24) is 20.2 Å². The lowest BCUT2D eigenvalue weighted by atomic mass is 10.0. The van der Waals surface area contributed by atoms with E-state index in [0.717, 1.165) is 5.52 Å². The van der Waals surface area contributed by atoms with Crippen molar-refractivity contribution in [2.24, 2.45) is 0 Å². The van der Waals surface area contributed by atoms with Gasteiger partial charge in [0.1, 0.15) is 28.8 Å². The van der Waals surface area contributed by atoms with Crippen molar-refractivity contribution in [3.05, 3.63) is 60.4 Å². The largest absolute Gasteiger partial charge is 0.364 e. The Bertz CT molecular complexity index is 1140. The van der Waals surface area contributed by atoms with Gasteiger partial charge in [-0.3, -0.25) is 10.1 Å². The van der Waals surface area contributed by atoms with Crippen LogP contribution < -0.4 is 5.32 Å². The summed E-state index contributed by atoms with van der Waals surface area (Å²) in [7, 11) is 0. The molecule has 0 spiro atoms. The van der Waals surface area contributed by atoms with Gasteiger partial charge in [0, 0.05) is 10.9 Å². The Morgan fingerprint density at radius 1 is 1.00 bits per heavy atom. The van der Waals surface area contributed by atoms with Gasteiger partial charge in [0.2, 0.25) is 0 Å². The Morgan fingerprint density at radius 2 is 1.75 bits per heavy atom. The van der Waals surface area contributed by atoms with Crippen LogP contribution in [-0.2, 0) is 0 Å². The fraction of sp³-hybridized carbons (Fsp3) is 0.190. The molecule has 0 saturated heterocycles. The van der Waals surface area contributed by atoms with Crippen molar-refractivity contribution in [1.29, 1.82) is 0 Å². The molecule has 0 saturated carbocycles. The van der Waals surface area contributed by atoms with E-state index in [1.165, 1.54) is 18.2 Å². The number of fused-ring (bicyclic) bond motifs is 1. The third kappa shape index (κ3) is 3.43. The lowest BCUT2D eigenvalue weighted by Gasteiger charge is -2.21. The normalized spacial score (nSPS) is 11.8. The maximum absolute atomic E-state index is 14.2. The highest BCUT2D eigenvalue weighted by Crippen LogP contribution is 2.32. The van der Waals surface area contributed by atoms with Crippen LogP contribution in [-0.4, -0.2) is 25.7 Å². The first-order valence-corrected chi connectivity index (χ1v) is 8.85. The molecule has 4 aromatic rings. The monoisotopic (exact) mass is 379 g/mol. The maximum atomic E-state index is 14.2. The van der Waals surface area contributed by atoms with Crippen LogP contribution in [0.15, 0.2) is 48.8 Å².